The van der Waals surface area contributed by atoms with Crippen LogP contribution >= 0.6 is 15.9 Å². The quantitative estimate of drug-likeness (QED) is 0.844. The Bertz CT molecular complexity index is 628. The van der Waals surface area contributed by atoms with Gasteiger partial charge in [0.25, 0.3) is 0 Å². The van der Waals surface area contributed by atoms with Gasteiger partial charge in [-0.25, -0.2) is 0 Å². The molecule has 0 amide bonds. The molecule has 2 rings (SSSR count). The first-order valence-corrected chi connectivity index (χ1v) is 7.66. The van der Waals surface area contributed by atoms with Crippen molar-refractivity contribution in [1.29, 1.82) is 0 Å². The van der Waals surface area contributed by atoms with Crippen LogP contribution in [0.4, 0.5) is 0 Å². The number of phenols is 1. The van der Waals surface area contributed by atoms with Gasteiger partial charge in [0.15, 0.2) is 11.5 Å². The van der Waals surface area contributed by atoms with Crippen LogP contribution < -0.4 is 10.1 Å². The third-order valence-corrected chi connectivity index (χ3v) is 4.18. The summed E-state index contributed by atoms with van der Waals surface area (Å²) in [5.41, 5.74) is 3.63. The zero-order chi connectivity index (χ0) is 15.4. The van der Waals surface area contributed by atoms with Gasteiger partial charge < -0.3 is 15.2 Å². The Balaban J connectivity index is 2.10. The van der Waals surface area contributed by atoms with Crippen LogP contribution in [0.2, 0.25) is 0 Å². The molecule has 0 saturated heterocycles. The number of hydrogen-bond donors (Lipinski definition) is 2. The molecule has 1 unspecified atom stereocenters. The molecule has 0 aliphatic heterocycles. The lowest BCUT2D eigenvalue weighted by Gasteiger charge is -2.17. The van der Waals surface area contributed by atoms with Crippen LogP contribution in [0.25, 0.3) is 0 Å². The van der Waals surface area contributed by atoms with Gasteiger partial charge in [0.2, 0.25) is 0 Å². The van der Waals surface area contributed by atoms with Crippen molar-refractivity contribution in [3.8, 4) is 11.5 Å². The van der Waals surface area contributed by atoms with Gasteiger partial charge in [0, 0.05) is 12.6 Å². The van der Waals surface area contributed by atoms with E-state index in [2.05, 4.69) is 53.3 Å². The number of rotatable bonds is 5. The Hall–Kier alpha value is -1.52. The standard InChI is InChI=1S/C17H20BrNO2/c1-11-6-4-5-7-14(11)12(2)19-10-13-8-15(18)17(20)16(9-13)21-3/h4-9,12,19-20H,10H2,1-3H3. The first kappa shape index (κ1) is 15.9. The third-order valence-electron chi connectivity index (χ3n) is 3.58. The van der Waals surface area contributed by atoms with Crippen molar-refractivity contribution in [1.82, 2.24) is 5.32 Å². The Morgan fingerprint density at radius 3 is 2.67 bits per heavy atom. The van der Waals surface area contributed by atoms with Crippen molar-refractivity contribution in [2.24, 2.45) is 0 Å². The molecule has 0 heterocycles. The summed E-state index contributed by atoms with van der Waals surface area (Å²) in [5.74, 6) is 0.609. The fraction of sp³-hybridized carbons (Fsp3) is 0.294. The number of methoxy groups -OCH3 is 1. The molecule has 3 nitrogen and oxygen atoms in total. The van der Waals surface area contributed by atoms with Gasteiger partial charge in [0.05, 0.1) is 11.6 Å². The molecule has 2 aromatic carbocycles. The van der Waals surface area contributed by atoms with Crippen LogP contribution in [-0.2, 0) is 6.54 Å². The van der Waals surface area contributed by atoms with E-state index < -0.39 is 0 Å². The summed E-state index contributed by atoms with van der Waals surface area (Å²) in [4.78, 5) is 0. The van der Waals surface area contributed by atoms with Crippen molar-refractivity contribution in [3.63, 3.8) is 0 Å². The summed E-state index contributed by atoms with van der Waals surface area (Å²) in [5, 5.41) is 13.3. The second-order valence-electron chi connectivity index (χ2n) is 5.09. The van der Waals surface area contributed by atoms with Crippen LogP contribution in [0.3, 0.4) is 0 Å². The van der Waals surface area contributed by atoms with Crippen LogP contribution in [-0.4, -0.2) is 12.2 Å². The van der Waals surface area contributed by atoms with Crippen LogP contribution in [0.5, 0.6) is 11.5 Å². The smallest absolute Gasteiger partial charge is 0.172 e. The number of benzene rings is 2. The van der Waals surface area contributed by atoms with E-state index >= 15 is 0 Å². The first-order valence-electron chi connectivity index (χ1n) is 6.87. The van der Waals surface area contributed by atoms with Gasteiger partial charge in [-0.2, -0.15) is 0 Å². The highest BCUT2D eigenvalue weighted by atomic mass is 79.9. The van der Waals surface area contributed by atoms with E-state index in [1.807, 2.05) is 18.2 Å². The highest BCUT2D eigenvalue weighted by molar-refractivity contribution is 9.10. The Morgan fingerprint density at radius 2 is 2.00 bits per heavy atom. The molecule has 2 aromatic rings. The summed E-state index contributed by atoms with van der Waals surface area (Å²) in [6, 6.07) is 12.4. The van der Waals surface area contributed by atoms with E-state index in [1.54, 1.807) is 7.11 Å². The summed E-state index contributed by atoms with van der Waals surface area (Å²) >= 11 is 3.34. The second-order valence-corrected chi connectivity index (χ2v) is 5.94. The number of nitrogens with one attached hydrogen (secondary N) is 1. The van der Waals surface area contributed by atoms with Gasteiger partial charge in [-0.3, -0.25) is 0 Å². The molecule has 0 bridgehead atoms. The lowest BCUT2D eigenvalue weighted by molar-refractivity contribution is 0.371. The summed E-state index contributed by atoms with van der Waals surface area (Å²) in [7, 11) is 1.55. The molecule has 4 heteroatoms. The molecular weight excluding hydrogens is 330 g/mol. The number of ether oxygens (including phenoxy) is 1. The molecule has 0 aromatic heterocycles. The van der Waals surface area contributed by atoms with Crippen molar-refractivity contribution in [2.45, 2.75) is 26.4 Å². The molecule has 0 spiro atoms. The van der Waals surface area contributed by atoms with E-state index in [9.17, 15) is 5.11 Å². The van der Waals surface area contributed by atoms with Crippen molar-refractivity contribution >= 4 is 15.9 Å². The van der Waals surface area contributed by atoms with Gasteiger partial charge in [-0.15, -0.1) is 0 Å². The molecule has 1 atom stereocenters. The van der Waals surface area contributed by atoms with Gasteiger partial charge in [-0.1, -0.05) is 24.3 Å². The van der Waals surface area contributed by atoms with E-state index in [-0.39, 0.29) is 11.8 Å². The summed E-state index contributed by atoms with van der Waals surface area (Å²) in [6.07, 6.45) is 0. The molecular formula is C17H20BrNO2. The van der Waals surface area contributed by atoms with E-state index in [1.165, 1.54) is 11.1 Å². The Labute approximate surface area is 134 Å². The van der Waals surface area contributed by atoms with E-state index in [0.29, 0.717) is 16.8 Å². The minimum Gasteiger partial charge on any atom is -0.503 e. The van der Waals surface area contributed by atoms with Gasteiger partial charge in [-0.05, 0) is 58.6 Å². The molecule has 0 fully saturated rings. The average molecular weight is 350 g/mol. The molecule has 0 radical (unpaired) electrons. The largest absolute Gasteiger partial charge is 0.503 e. The fourth-order valence-electron chi connectivity index (χ4n) is 2.34. The molecule has 0 aliphatic carbocycles. The number of hydrogen-bond acceptors (Lipinski definition) is 3. The maximum absolute atomic E-state index is 9.82. The minimum atomic E-state index is 0.133. The third kappa shape index (κ3) is 3.77. The highest BCUT2D eigenvalue weighted by Gasteiger charge is 2.11. The monoisotopic (exact) mass is 349 g/mol. The van der Waals surface area contributed by atoms with Crippen molar-refractivity contribution in [2.75, 3.05) is 7.11 Å². The zero-order valence-electron chi connectivity index (χ0n) is 12.5. The Morgan fingerprint density at radius 1 is 1.29 bits per heavy atom. The number of aryl methyl sites for hydroxylation is 1. The predicted octanol–water partition coefficient (Wildman–Crippen LogP) is 4.32. The normalized spacial score (nSPS) is 12.2. The Kier molecular flexibility index (Phi) is 5.26. The molecule has 112 valence electrons. The maximum atomic E-state index is 9.82. The van der Waals surface area contributed by atoms with Gasteiger partial charge >= 0.3 is 0 Å². The van der Waals surface area contributed by atoms with Crippen LogP contribution in [0.1, 0.15) is 29.7 Å². The fourth-order valence-corrected chi connectivity index (χ4v) is 2.83. The van der Waals surface area contributed by atoms with Gasteiger partial charge in [0.1, 0.15) is 0 Å². The topological polar surface area (TPSA) is 41.5 Å². The number of phenolic OH excluding ortho intramolecular Hbond substituents is 1. The second kappa shape index (κ2) is 6.96. The lowest BCUT2D eigenvalue weighted by atomic mass is 10.0. The van der Waals surface area contributed by atoms with Crippen LogP contribution in [0.15, 0.2) is 40.9 Å². The highest BCUT2D eigenvalue weighted by Crippen LogP contribution is 2.35. The minimum absolute atomic E-state index is 0.133. The zero-order valence-corrected chi connectivity index (χ0v) is 14.1. The average Bonchev–Trinajstić information content (AvgIpc) is 2.48. The van der Waals surface area contributed by atoms with Crippen molar-refractivity contribution in [3.05, 3.63) is 57.6 Å². The number of halogens is 1. The SMILES string of the molecule is COc1cc(CNC(C)c2ccccc2C)cc(Br)c1O. The van der Waals surface area contributed by atoms with E-state index in [4.69, 9.17) is 4.74 Å². The molecule has 0 saturated carbocycles. The molecule has 2 N–H and O–H groups in total. The summed E-state index contributed by atoms with van der Waals surface area (Å²) in [6.45, 7) is 4.97. The lowest BCUT2D eigenvalue weighted by Crippen LogP contribution is -2.18. The predicted molar refractivity (Wildman–Crippen MR) is 88.8 cm³/mol. The van der Waals surface area contributed by atoms with Crippen LogP contribution in [0, 0.1) is 6.92 Å². The maximum Gasteiger partial charge on any atom is 0.172 e. The summed E-state index contributed by atoms with van der Waals surface area (Å²) < 4.78 is 5.81. The molecule has 0 aliphatic rings. The first-order chi connectivity index (χ1) is 10.0. The molecule has 21 heavy (non-hydrogen) atoms. The van der Waals surface area contributed by atoms with E-state index in [0.717, 1.165) is 5.56 Å². The van der Waals surface area contributed by atoms with Crippen molar-refractivity contribution < 1.29 is 9.84 Å². The number of aromatic hydroxyl groups is 1.